The van der Waals surface area contributed by atoms with Gasteiger partial charge in [-0.1, -0.05) is 55.5 Å². The molecular weight excluding hydrogens is 400 g/mol. The molecule has 0 radical (unpaired) electrons. The summed E-state index contributed by atoms with van der Waals surface area (Å²) < 4.78 is 4.94. The van der Waals surface area contributed by atoms with Gasteiger partial charge in [0.05, 0.1) is 27.3 Å². The van der Waals surface area contributed by atoms with Crippen LogP contribution in [0, 0.1) is 26.7 Å². The Morgan fingerprint density at radius 2 is 1.67 bits per heavy atom. The predicted molar refractivity (Wildman–Crippen MR) is 140 cm³/mol. The molecule has 2 heteroatoms. The Kier molecular flexibility index (Phi) is 3.93. The van der Waals surface area contributed by atoms with Gasteiger partial charge in [-0.25, -0.2) is 4.57 Å². The van der Waals surface area contributed by atoms with Gasteiger partial charge in [-0.15, -0.1) is 0 Å². The Hall–Kier alpha value is -3.13. The van der Waals surface area contributed by atoms with Crippen LogP contribution in [-0.2, 0) is 13.5 Å². The van der Waals surface area contributed by atoms with Gasteiger partial charge in [0, 0.05) is 16.8 Å². The van der Waals surface area contributed by atoms with E-state index in [2.05, 4.69) is 85.4 Å². The second-order valence-corrected chi connectivity index (χ2v) is 10.7. The minimum absolute atomic E-state index is 0.845. The molecule has 1 fully saturated rings. The summed E-state index contributed by atoms with van der Waals surface area (Å²) in [5, 5.41) is 6.93. The molecule has 0 unspecified atom stereocenters. The summed E-state index contributed by atoms with van der Waals surface area (Å²) >= 11 is 0. The Labute approximate surface area is 194 Å². The van der Waals surface area contributed by atoms with Crippen LogP contribution in [0.3, 0.4) is 0 Å². The van der Waals surface area contributed by atoms with Crippen molar-refractivity contribution >= 4 is 49.0 Å². The molecule has 0 saturated heterocycles. The second kappa shape index (κ2) is 6.70. The molecule has 7 rings (SSSR count). The van der Waals surface area contributed by atoms with E-state index in [9.17, 15) is 0 Å². The van der Waals surface area contributed by atoms with Gasteiger partial charge in [-0.2, -0.15) is 0 Å². The maximum absolute atomic E-state index is 2.61. The maximum Gasteiger partial charge on any atom is 0.224 e. The molecule has 6 aromatic rings. The lowest BCUT2D eigenvalue weighted by molar-refractivity contribution is -0.643. The van der Waals surface area contributed by atoms with Crippen molar-refractivity contribution in [2.75, 3.05) is 0 Å². The number of pyridine rings is 2. The molecule has 0 bridgehead atoms. The van der Waals surface area contributed by atoms with Crippen LogP contribution in [0.25, 0.3) is 49.0 Å². The third-order valence-corrected chi connectivity index (χ3v) is 8.32. The molecule has 0 spiro atoms. The zero-order valence-corrected chi connectivity index (χ0v) is 20.1. The zero-order valence-electron chi connectivity index (χ0n) is 20.1. The number of hydrogen-bond donors (Lipinski definition) is 0. The first kappa shape index (κ1) is 19.3. The van der Waals surface area contributed by atoms with E-state index >= 15 is 0 Å². The minimum atomic E-state index is 0.845. The van der Waals surface area contributed by atoms with Gasteiger partial charge in [-0.05, 0) is 67.3 Å². The van der Waals surface area contributed by atoms with Crippen LogP contribution in [0.2, 0.25) is 0 Å². The molecule has 0 amide bonds. The van der Waals surface area contributed by atoms with E-state index < -0.39 is 0 Å². The fourth-order valence-corrected chi connectivity index (χ4v) is 6.94. The van der Waals surface area contributed by atoms with E-state index in [-0.39, 0.29) is 0 Å². The molecule has 3 aromatic heterocycles. The molecule has 2 nitrogen and oxygen atoms in total. The smallest absolute Gasteiger partial charge is 0.224 e. The number of nitrogens with zero attached hydrogens (tertiary/aromatic N) is 2. The first-order valence-corrected chi connectivity index (χ1v) is 12.5. The van der Waals surface area contributed by atoms with Crippen LogP contribution < -0.4 is 4.57 Å². The monoisotopic (exact) mass is 431 g/mol. The van der Waals surface area contributed by atoms with Gasteiger partial charge < -0.3 is 4.40 Å². The molecule has 0 aliphatic heterocycles. The highest BCUT2D eigenvalue weighted by Crippen LogP contribution is 2.42. The lowest BCUT2D eigenvalue weighted by atomic mass is 9.94. The summed E-state index contributed by atoms with van der Waals surface area (Å²) in [7, 11) is 2.21. The van der Waals surface area contributed by atoms with Crippen LogP contribution in [-0.4, -0.2) is 4.40 Å². The summed E-state index contributed by atoms with van der Waals surface area (Å²) in [4.78, 5) is 0. The number of rotatable bonds is 2. The van der Waals surface area contributed by atoms with E-state index in [4.69, 9.17) is 0 Å². The summed E-state index contributed by atoms with van der Waals surface area (Å²) in [5.74, 6) is 0.845. The molecule has 0 N–H and O–H groups in total. The lowest BCUT2D eigenvalue weighted by Crippen LogP contribution is -2.29. The minimum Gasteiger partial charge on any atom is -0.307 e. The highest BCUT2D eigenvalue weighted by molar-refractivity contribution is 6.26. The summed E-state index contributed by atoms with van der Waals surface area (Å²) in [6.07, 6.45) is 9.05. The van der Waals surface area contributed by atoms with Gasteiger partial charge in [0.2, 0.25) is 5.52 Å². The van der Waals surface area contributed by atoms with Gasteiger partial charge in [-0.3, -0.25) is 0 Å². The SMILES string of the molecule is Cc1cc(C)c2c(c1)c1ccc(C)c3c1n2c1cc(CC2CCCC2)cc2cc[n+](C)c3c21. The maximum atomic E-state index is 2.61. The summed E-state index contributed by atoms with van der Waals surface area (Å²) in [6.45, 7) is 6.77. The number of fused-ring (bicyclic) bond motifs is 5. The van der Waals surface area contributed by atoms with Gasteiger partial charge in [0.25, 0.3) is 0 Å². The zero-order chi connectivity index (χ0) is 22.4. The van der Waals surface area contributed by atoms with Crippen molar-refractivity contribution in [1.82, 2.24) is 4.40 Å². The Bertz CT molecular complexity index is 1730. The normalized spacial score (nSPS) is 15.4. The molecule has 0 atom stereocenters. The Morgan fingerprint density at radius 3 is 2.48 bits per heavy atom. The predicted octanol–water partition coefficient (Wildman–Crippen LogP) is 7.47. The number of hydrogen-bond acceptors (Lipinski definition) is 0. The summed E-state index contributed by atoms with van der Waals surface area (Å²) in [6, 6.07) is 16.7. The number of benzene rings is 3. The molecule has 1 aliphatic rings. The highest BCUT2D eigenvalue weighted by atomic mass is 15.0. The van der Waals surface area contributed by atoms with E-state index in [1.807, 2.05) is 0 Å². The van der Waals surface area contributed by atoms with Gasteiger partial charge in [0.1, 0.15) is 7.05 Å². The molecule has 164 valence electrons. The average Bonchev–Trinajstić information content (AvgIpc) is 3.40. The quantitative estimate of drug-likeness (QED) is 0.153. The standard InChI is InChI=1S/C31H31N2/c1-18-13-20(3)29-25(14-18)24-10-9-19(2)27-30(24)33(29)26-17-22(15-21-7-5-6-8-21)16-23-11-12-32(4)31(27)28(23)26/h9-14,16-17,21H,5-8,15H2,1-4H3/q+1. The average molecular weight is 432 g/mol. The molecule has 3 aromatic carbocycles. The third kappa shape index (κ3) is 2.58. The Balaban J connectivity index is 1.75. The first-order valence-electron chi connectivity index (χ1n) is 12.5. The van der Waals surface area contributed by atoms with Gasteiger partial charge >= 0.3 is 0 Å². The third-order valence-electron chi connectivity index (χ3n) is 8.32. The van der Waals surface area contributed by atoms with Gasteiger partial charge in [0.15, 0.2) is 6.20 Å². The highest BCUT2D eigenvalue weighted by Gasteiger charge is 2.25. The van der Waals surface area contributed by atoms with Crippen molar-refractivity contribution in [1.29, 1.82) is 0 Å². The molecule has 3 heterocycles. The van der Waals surface area contributed by atoms with Crippen molar-refractivity contribution in [3.8, 4) is 0 Å². The van der Waals surface area contributed by atoms with E-state index in [1.165, 1.54) is 103 Å². The van der Waals surface area contributed by atoms with Crippen molar-refractivity contribution in [3.63, 3.8) is 0 Å². The Morgan fingerprint density at radius 1 is 0.848 bits per heavy atom. The van der Waals surface area contributed by atoms with E-state index in [0.717, 1.165) is 5.92 Å². The van der Waals surface area contributed by atoms with Crippen LogP contribution in [0.4, 0.5) is 0 Å². The first-order chi connectivity index (χ1) is 16.0. The van der Waals surface area contributed by atoms with Crippen LogP contribution >= 0.6 is 0 Å². The molecule has 1 saturated carbocycles. The van der Waals surface area contributed by atoms with Crippen LogP contribution in [0.15, 0.2) is 48.7 Å². The van der Waals surface area contributed by atoms with Crippen LogP contribution in [0.5, 0.6) is 0 Å². The lowest BCUT2D eigenvalue weighted by Gasteiger charge is -2.16. The van der Waals surface area contributed by atoms with Crippen molar-refractivity contribution in [3.05, 3.63) is 70.9 Å². The fraction of sp³-hybridized carbons (Fsp3) is 0.323. The fourth-order valence-electron chi connectivity index (χ4n) is 6.94. The topological polar surface area (TPSA) is 8.29 Å². The second-order valence-electron chi connectivity index (χ2n) is 10.7. The summed E-state index contributed by atoms with van der Waals surface area (Å²) in [5.41, 5.74) is 11.0. The largest absolute Gasteiger partial charge is 0.307 e. The van der Waals surface area contributed by atoms with Crippen molar-refractivity contribution < 1.29 is 4.57 Å². The van der Waals surface area contributed by atoms with E-state index in [0.29, 0.717) is 0 Å². The van der Waals surface area contributed by atoms with Crippen molar-refractivity contribution in [2.45, 2.75) is 52.9 Å². The van der Waals surface area contributed by atoms with E-state index in [1.54, 1.807) is 0 Å². The number of aromatic nitrogens is 2. The molecule has 1 aliphatic carbocycles. The van der Waals surface area contributed by atoms with Crippen LogP contribution in [0.1, 0.15) is 47.9 Å². The molecular formula is C31H31N2+. The van der Waals surface area contributed by atoms with Crippen molar-refractivity contribution in [2.24, 2.45) is 13.0 Å². The number of aryl methyl sites for hydroxylation is 4. The molecule has 33 heavy (non-hydrogen) atoms.